The van der Waals surface area contributed by atoms with Gasteiger partial charge in [0.05, 0.1) is 5.25 Å². The Bertz CT molecular complexity index is 321. The molecule has 2 saturated heterocycles. The van der Waals surface area contributed by atoms with Crippen LogP contribution in [0.5, 0.6) is 0 Å². The molecule has 0 aromatic carbocycles. The highest BCUT2D eigenvalue weighted by molar-refractivity contribution is 7.89. The molecule has 0 atom stereocenters. The summed E-state index contributed by atoms with van der Waals surface area (Å²) >= 11 is 0. The van der Waals surface area contributed by atoms with E-state index in [1.165, 1.54) is 0 Å². The van der Waals surface area contributed by atoms with Gasteiger partial charge in [0.15, 0.2) is 0 Å². The Balaban J connectivity index is 2.08. The first-order valence-electron chi connectivity index (χ1n) is 5.95. The molecule has 2 aliphatic rings. The highest BCUT2D eigenvalue weighted by Gasteiger charge is 2.38. The summed E-state index contributed by atoms with van der Waals surface area (Å²) in [6.45, 7) is 5.21. The third-order valence-corrected chi connectivity index (χ3v) is 5.92. The van der Waals surface area contributed by atoms with E-state index in [4.69, 9.17) is 4.74 Å². The van der Waals surface area contributed by atoms with Crippen LogP contribution in [-0.2, 0) is 14.8 Å². The SMILES string of the molecule is CCN(C1CNC1)S(=O)(=O)C1CCOCC1. The van der Waals surface area contributed by atoms with Crippen LogP contribution < -0.4 is 5.32 Å². The van der Waals surface area contributed by atoms with Gasteiger partial charge in [-0.1, -0.05) is 6.92 Å². The van der Waals surface area contributed by atoms with Crippen LogP contribution in [0.4, 0.5) is 0 Å². The lowest BCUT2D eigenvalue weighted by Crippen LogP contribution is -2.60. The molecule has 2 fully saturated rings. The molecule has 2 rings (SSSR count). The number of hydrogen-bond acceptors (Lipinski definition) is 4. The Morgan fingerprint density at radius 3 is 2.38 bits per heavy atom. The summed E-state index contributed by atoms with van der Waals surface area (Å²) in [4.78, 5) is 0. The third-order valence-electron chi connectivity index (χ3n) is 3.40. The minimum Gasteiger partial charge on any atom is -0.381 e. The molecule has 0 bridgehead atoms. The van der Waals surface area contributed by atoms with Gasteiger partial charge >= 0.3 is 0 Å². The molecule has 0 aliphatic carbocycles. The predicted molar refractivity (Wildman–Crippen MR) is 61.8 cm³/mol. The van der Waals surface area contributed by atoms with Crippen LogP contribution in [-0.4, -0.2) is 56.9 Å². The molecule has 0 aromatic rings. The molecule has 6 heteroatoms. The van der Waals surface area contributed by atoms with Crippen molar-refractivity contribution in [1.82, 2.24) is 9.62 Å². The topological polar surface area (TPSA) is 58.6 Å². The van der Waals surface area contributed by atoms with Gasteiger partial charge in [-0.2, -0.15) is 4.31 Å². The first kappa shape index (κ1) is 12.3. The van der Waals surface area contributed by atoms with Gasteiger partial charge in [-0.15, -0.1) is 0 Å². The van der Waals surface area contributed by atoms with E-state index >= 15 is 0 Å². The van der Waals surface area contributed by atoms with E-state index in [1.807, 2.05) is 6.92 Å². The standard InChI is InChI=1S/C10H20N2O3S/c1-2-12(9-7-11-8-9)16(13,14)10-3-5-15-6-4-10/h9-11H,2-8H2,1H3. The predicted octanol–water partition coefficient (Wildman–Crippen LogP) is -0.211. The second kappa shape index (κ2) is 5.00. The van der Waals surface area contributed by atoms with Crippen molar-refractivity contribution < 1.29 is 13.2 Å². The average Bonchev–Trinajstić information content (AvgIpc) is 2.24. The summed E-state index contributed by atoms with van der Waals surface area (Å²) in [5.74, 6) is 0. The van der Waals surface area contributed by atoms with Gasteiger partial charge in [0.2, 0.25) is 10.0 Å². The number of nitrogens with one attached hydrogen (secondary N) is 1. The number of sulfonamides is 1. The van der Waals surface area contributed by atoms with Gasteiger partial charge in [0.1, 0.15) is 0 Å². The molecule has 0 amide bonds. The van der Waals surface area contributed by atoms with E-state index in [2.05, 4.69) is 5.32 Å². The Labute approximate surface area is 97.2 Å². The van der Waals surface area contributed by atoms with Crippen LogP contribution >= 0.6 is 0 Å². The number of likely N-dealkylation sites (N-methyl/N-ethyl adjacent to an activating group) is 1. The zero-order valence-corrected chi connectivity index (χ0v) is 10.5. The van der Waals surface area contributed by atoms with Crippen LogP contribution in [0.2, 0.25) is 0 Å². The largest absolute Gasteiger partial charge is 0.381 e. The molecule has 0 aromatic heterocycles. The maximum Gasteiger partial charge on any atom is 0.217 e. The number of nitrogens with zero attached hydrogens (tertiary/aromatic N) is 1. The molecular formula is C10H20N2O3S. The normalized spacial score (nSPS) is 24.6. The average molecular weight is 248 g/mol. The summed E-state index contributed by atoms with van der Waals surface area (Å²) in [7, 11) is -3.12. The first-order chi connectivity index (χ1) is 7.66. The van der Waals surface area contributed by atoms with E-state index in [0.29, 0.717) is 32.6 Å². The van der Waals surface area contributed by atoms with Crippen LogP contribution in [0.1, 0.15) is 19.8 Å². The van der Waals surface area contributed by atoms with Crippen molar-refractivity contribution in [1.29, 1.82) is 0 Å². The van der Waals surface area contributed by atoms with Crippen molar-refractivity contribution in [3.63, 3.8) is 0 Å². The summed E-state index contributed by atoms with van der Waals surface area (Å²) in [5, 5.41) is 2.89. The van der Waals surface area contributed by atoms with E-state index < -0.39 is 10.0 Å². The Morgan fingerprint density at radius 2 is 1.94 bits per heavy atom. The van der Waals surface area contributed by atoms with Crippen molar-refractivity contribution in [3.05, 3.63) is 0 Å². The van der Waals surface area contributed by atoms with Crippen LogP contribution in [0.25, 0.3) is 0 Å². The lowest BCUT2D eigenvalue weighted by Gasteiger charge is -2.39. The molecule has 16 heavy (non-hydrogen) atoms. The fourth-order valence-corrected chi connectivity index (χ4v) is 4.38. The van der Waals surface area contributed by atoms with Crippen molar-refractivity contribution in [2.75, 3.05) is 32.8 Å². The molecule has 2 heterocycles. The maximum absolute atomic E-state index is 12.4. The summed E-state index contributed by atoms with van der Waals surface area (Å²) in [5.41, 5.74) is 0. The van der Waals surface area contributed by atoms with Gasteiger partial charge in [-0.3, -0.25) is 0 Å². The molecular weight excluding hydrogens is 228 g/mol. The fraction of sp³-hybridized carbons (Fsp3) is 1.00. The molecule has 2 aliphatic heterocycles. The monoisotopic (exact) mass is 248 g/mol. The summed E-state index contributed by atoms with van der Waals surface area (Å²) in [6, 6.07) is 0.165. The van der Waals surface area contributed by atoms with Crippen LogP contribution in [0.15, 0.2) is 0 Å². The number of hydrogen-bond donors (Lipinski definition) is 1. The number of rotatable bonds is 4. The summed E-state index contributed by atoms with van der Waals surface area (Å²) in [6.07, 6.45) is 1.28. The Morgan fingerprint density at radius 1 is 1.31 bits per heavy atom. The third kappa shape index (κ3) is 2.25. The van der Waals surface area contributed by atoms with Gasteiger partial charge in [0, 0.05) is 38.9 Å². The molecule has 0 spiro atoms. The second-order valence-electron chi connectivity index (χ2n) is 4.37. The van der Waals surface area contributed by atoms with Gasteiger partial charge in [-0.25, -0.2) is 8.42 Å². The van der Waals surface area contributed by atoms with Gasteiger partial charge in [-0.05, 0) is 12.8 Å². The Kier molecular flexibility index (Phi) is 3.84. The molecule has 1 N–H and O–H groups in total. The highest BCUT2D eigenvalue weighted by atomic mass is 32.2. The highest BCUT2D eigenvalue weighted by Crippen LogP contribution is 2.22. The lowest BCUT2D eigenvalue weighted by molar-refractivity contribution is 0.0963. The van der Waals surface area contributed by atoms with E-state index in [0.717, 1.165) is 13.1 Å². The van der Waals surface area contributed by atoms with E-state index in [1.54, 1.807) is 4.31 Å². The fourth-order valence-electron chi connectivity index (χ4n) is 2.29. The molecule has 94 valence electrons. The minimum absolute atomic E-state index is 0.165. The van der Waals surface area contributed by atoms with Crippen molar-refractivity contribution in [2.24, 2.45) is 0 Å². The zero-order chi connectivity index (χ0) is 11.6. The Hall–Kier alpha value is -0.170. The van der Waals surface area contributed by atoms with E-state index in [-0.39, 0.29) is 11.3 Å². The molecule has 0 saturated carbocycles. The van der Waals surface area contributed by atoms with E-state index in [9.17, 15) is 8.42 Å². The second-order valence-corrected chi connectivity index (χ2v) is 6.54. The quantitative estimate of drug-likeness (QED) is 0.748. The van der Waals surface area contributed by atoms with Crippen LogP contribution in [0.3, 0.4) is 0 Å². The van der Waals surface area contributed by atoms with Crippen molar-refractivity contribution in [2.45, 2.75) is 31.1 Å². The molecule has 0 unspecified atom stereocenters. The molecule has 0 radical (unpaired) electrons. The van der Waals surface area contributed by atoms with Crippen LogP contribution in [0, 0.1) is 0 Å². The minimum atomic E-state index is -3.12. The lowest BCUT2D eigenvalue weighted by atomic mass is 10.2. The zero-order valence-electron chi connectivity index (χ0n) is 9.68. The van der Waals surface area contributed by atoms with Gasteiger partial charge < -0.3 is 10.1 Å². The smallest absolute Gasteiger partial charge is 0.217 e. The first-order valence-corrected chi connectivity index (χ1v) is 7.45. The number of ether oxygens (including phenoxy) is 1. The molecule has 5 nitrogen and oxygen atoms in total. The van der Waals surface area contributed by atoms with Crippen molar-refractivity contribution in [3.8, 4) is 0 Å². The van der Waals surface area contributed by atoms with Crippen molar-refractivity contribution >= 4 is 10.0 Å². The maximum atomic E-state index is 12.4. The van der Waals surface area contributed by atoms with Gasteiger partial charge in [0.25, 0.3) is 0 Å². The summed E-state index contributed by atoms with van der Waals surface area (Å²) < 4.78 is 31.7.